The summed E-state index contributed by atoms with van der Waals surface area (Å²) in [5, 5.41) is 2.73. The van der Waals surface area contributed by atoms with Gasteiger partial charge in [-0.3, -0.25) is 4.79 Å². The van der Waals surface area contributed by atoms with Crippen molar-refractivity contribution in [3.63, 3.8) is 0 Å². The number of anilines is 1. The zero-order valence-corrected chi connectivity index (χ0v) is 14.9. The van der Waals surface area contributed by atoms with Crippen LogP contribution in [0, 0.1) is 17.2 Å². The maximum Gasteiger partial charge on any atom is 0.243 e. The molecule has 0 bridgehead atoms. The van der Waals surface area contributed by atoms with Crippen LogP contribution in [0.15, 0.2) is 59.5 Å². The minimum atomic E-state index is -3.53. The number of hydrogen-bond donors (Lipinski definition) is 1. The topological polar surface area (TPSA) is 66.5 Å². The number of hydrogen-bond acceptors (Lipinski definition) is 3. The average molecular weight is 374 g/mol. The Kier molecular flexibility index (Phi) is 4.08. The minimum absolute atomic E-state index is 0.172. The van der Waals surface area contributed by atoms with Crippen LogP contribution in [-0.4, -0.2) is 31.7 Å². The van der Waals surface area contributed by atoms with Crippen LogP contribution in [0.25, 0.3) is 0 Å². The Morgan fingerprint density at radius 3 is 2.65 bits per heavy atom. The summed E-state index contributed by atoms with van der Waals surface area (Å²) in [6, 6.07) is 14.1. The Labute approximate surface area is 151 Å². The van der Waals surface area contributed by atoms with Crippen LogP contribution >= 0.6 is 0 Å². The van der Waals surface area contributed by atoms with Gasteiger partial charge < -0.3 is 5.32 Å². The summed E-state index contributed by atoms with van der Waals surface area (Å²) in [6.45, 7) is 0.770. The third-order valence-corrected chi connectivity index (χ3v) is 7.19. The largest absolute Gasteiger partial charge is 0.326 e. The first kappa shape index (κ1) is 17.2. The maximum atomic E-state index is 13.2. The molecule has 4 rings (SSSR count). The molecule has 0 radical (unpaired) electrons. The predicted molar refractivity (Wildman–Crippen MR) is 95.4 cm³/mol. The van der Waals surface area contributed by atoms with Gasteiger partial charge in [0, 0.05) is 24.7 Å². The van der Waals surface area contributed by atoms with E-state index in [0.29, 0.717) is 31.6 Å². The number of sulfonamides is 1. The highest BCUT2D eigenvalue weighted by molar-refractivity contribution is 7.89. The molecule has 1 saturated carbocycles. The predicted octanol–water partition coefficient (Wildman–Crippen LogP) is 2.87. The van der Waals surface area contributed by atoms with Crippen LogP contribution < -0.4 is 5.32 Å². The zero-order chi connectivity index (χ0) is 18.4. The van der Waals surface area contributed by atoms with Gasteiger partial charge in [-0.2, -0.15) is 4.31 Å². The number of nitrogens with one attached hydrogen (secondary N) is 1. The molecule has 0 aromatic heterocycles. The van der Waals surface area contributed by atoms with Gasteiger partial charge in [0.15, 0.2) is 0 Å². The molecule has 1 spiro atoms. The Morgan fingerprint density at radius 2 is 1.92 bits per heavy atom. The zero-order valence-electron chi connectivity index (χ0n) is 14.1. The van der Waals surface area contributed by atoms with Gasteiger partial charge in [0.1, 0.15) is 5.82 Å². The second-order valence-electron chi connectivity index (χ2n) is 7.02. The molecule has 2 aromatic carbocycles. The molecule has 1 heterocycles. The van der Waals surface area contributed by atoms with Crippen molar-refractivity contribution in [3.05, 3.63) is 60.4 Å². The number of nitrogens with zero attached hydrogens (tertiary/aromatic N) is 1. The summed E-state index contributed by atoms with van der Waals surface area (Å²) in [5.74, 6) is -0.814. The maximum absolute atomic E-state index is 13.2. The third kappa shape index (κ3) is 3.01. The molecule has 2 aromatic rings. The van der Waals surface area contributed by atoms with Crippen LogP contribution in [-0.2, 0) is 14.8 Å². The van der Waals surface area contributed by atoms with Crippen LogP contribution in [0.2, 0.25) is 0 Å². The fourth-order valence-corrected chi connectivity index (χ4v) is 5.33. The van der Waals surface area contributed by atoms with Gasteiger partial charge in [-0.1, -0.05) is 24.3 Å². The minimum Gasteiger partial charge on any atom is -0.326 e. The van der Waals surface area contributed by atoms with Crippen molar-refractivity contribution in [2.45, 2.75) is 17.7 Å². The van der Waals surface area contributed by atoms with Crippen molar-refractivity contribution in [1.29, 1.82) is 0 Å². The number of carbonyl (C=O) groups excluding carboxylic acids is 1. The fourth-order valence-electron chi connectivity index (χ4n) is 3.77. The molecule has 7 heteroatoms. The average Bonchev–Trinajstić information content (AvgIpc) is 3.15. The second-order valence-corrected chi connectivity index (χ2v) is 8.96. The van der Waals surface area contributed by atoms with E-state index >= 15 is 0 Å². The molecule has 5 nitrogen and oxygen atoms in total. The molecule has 1 saturated heterocycles. The standard InChI is InChI=1S/C19H19FN2O3S/c20-14-5-4-6-15(11-14)21-18(23)17-12-19(17)9-10-22(13-19)26(24,25)16-7-2-1-3-8-16/h1-8,11,17H,9-10,12-13H2,(H,21,23)/t17-,19+/m1/s1. The van der Waals surface area contributed by atoms with Crippen molar-refractivity contribution in [3.8, 4) is 0 Å². The lowest BCUT2D eigenvalue weighted by Crippen LogP contribution is -2.30. The molecule has 2 fully saturated rings. The first-order chi connectivity index (χ1) is 12.4. The molecular weight excluding hydrogens is 355 g/mol. The van der Waals surface area contributed by atoms with Gasteiger partial charge in [0.2, 0.25) is 15.9 Å². The van der Waals surface area contributed by atoms with E-state index in [-0.39, 0.29) is 22.1 Å². The van der Waals surface area contributed by atoms with Crippen LogP contribution in [0.4, 0.5) is 10.1 Å². The van der Waals surface area contributed by atoms with Crippen molar-refractivity contribution in [2.75, 3.05) is 18.4 Å². The number of amides is 1. The lowest BCUT2D eigenvalue weighted by molar-refractivity contribution is -0.118. The monoisotopic (exact) mass is 374 g/mol. The highest BCUT2D eigenvalue weighted by atomic mass is 32.2. The van der Waals surface area contributed by atoms with Crippen LogP contribution in [0.5, 0.6) is 0 Å². The Bertz CT molecular complexity index is 948. The highest BCUT2D eigenvalue weighted by Gasteiger charge is 2.62. The molecule has 2 aliphatic rings. The van der Waals surface area contributed by atoms with E-state index < -0.39 is 15.8 Å². The van der Waals surface area contributed by atoms with Gasteiger partial charge in [0.25, 0.3) is 0 Å². The van der Waals surface area contributed by atoms with Crippen molar-refractivity contribution >= 4 is 21.6 Å². The second kappa shape index (κ2) is 6.17. The molecule has 0 unspecified atom stereocenters. The van der Waals surface area contributed by atoms with Gasteiger partial charge in [-0.25, -0.2) is 12.8 Å². The molecule has 1 N–H and O–H groups in total. The van der Waals surface area contributed by atoms with E-state index in [9.17, 15) is 17.6 Å². The number of rotatable bonds is 4. The Hall–Kier alpha value is -2.25. The Morgan fingerprint density at radius 1 is 1.15 bits per heavy atom. The lowest BCUT2D eigenvalue weighted by atomic mass is 10.0. The van der Waals surface area contributed by atoms with E-state index in [1.807, 2.05) is 0 Å². The summed E-state index contributed by atoms with van der Waals surface area (Å²) >= 11 is 0. The van der Waals surface area contributed by atoms with Crippen LogP contribution in [0.3, 0.4) is 0 Å². The molecule has 2 atom stereocenters. The quantitative estimate of drug-likeness (QED) is 0.895. The van der Waals surface area contributed by atoms with Crippen molar-refractivity contribution in [2.24, 2.45) is 11.3 Å². The van der Waals surface area contributed by atoms with Gasteiger partial charge in [0.05, 0.1) is 4.90 Å². The summed E-state index contributed by atoms with van der Waals surface area (Å²) in [5.41, 5.74) is 0.128. The number of carbonyl (C=O) groups is 1. The van der Waals surface area contributed by atoms with Gasteiger partial charge in [-0.15, -0.1) is 0 Å². The molecule has 136 valence electrons. The number of halogens is 1. The number of benzene rings is 2. The Balaban J connectivity index is 1.44. The van der Waals surface area contributed by atoms with E-state index in [1.54, 1.807) is 36.4 Å². The molecule has 26 heavy (non-hydrogen) atoms. The van der Waals surface area contributed by atoms with Crippen molar-refractivity contribution < 1.29 is 17.6 Å². The third-order valence-electron chi connectivity index (χ3n) is 5.33. The lowest BCUT2D eigenvalue weighted by Gasteiger charge is -2.16. The first-order valence-corrected chi connectivity index (χ1v) is 9.96. The van der Waals surface area contributed by atoms with E-state index in [1.165, 1.54) is 22.5 Å². The fraction of sp³-hybridized carbons (Fsp3) is 0.316. The smallest absolute Gasteiger partial charge is 0.243 e. The van der Waals surface area contributed by atoms with E-state index in [0.717, 1.165) is 0 Å². The highest BCUT2D eigenvalue weighted by Crippen LogP contribution is 2.59. The summed E-state index contributed by atoms with van der Waals surface area (Å²) in [6.07, 6.45) is 1.33. The van der Waals surface area contributed by atoms with Crippen LogP contribution in [0.1, 0.15) is 12.8 Å². The normalized spacial score (nSPS) is 25.3. The SMILES string of the molecule is O=C(Nc1cccc(F)c1)[C@H]1C[C@]12CCN(S(=O)(=O)c1ccccc1)C2. The van der Waals surface area contributed by atoms with E-state index in [2.05, 4.69) is 5.32 Å². The molecule has 1 aliphatic carbocycles. The van der Waals surface area contributed by atoms with Gasteiger partial charge in [-0.05, 0) is 48.6 Å². The molecule has 1 aliphatic heterocycles. The summed E-state index contributed by atoms with van der Waals surface area (Å²) in [7, 11) is -3.53. The molecular formula is C19H19FN2O3S. The van der Waals surface area contributed by atoms with Gasteiger partial charge >= 0.3 is 0 Å². The first-order valence-electron chi connectivity index (χ1n) is 8.52. The molecule has 1 amide bonds. The summed E-state index contributed by atoms with van der Waals surface area (Å²) in [4.78, 5) is 12.7. The van der Waals surface area contributed by atoms with Crippen molar-refractivity contribution in [1.82, 2.24) is 4.31 Å². The summed E-state index contributed by atoms with van der Waals surface area (Å²) < 4.78 is 40.2. The van der Waals surface area contributed by atoms with E-state index in [4.69, 9.17) is 0 Å².